The molecule has 2 aromatic heterocycles. The van der Waals surface area contributed by atoms with Crippen molar-refractivity contribution in [1.29, 1.82) is 0 Å². The molecular weight excluding hydrogens is 491 g/mol. The Kier molecular flexibility index (Phi) is 5.66. The summed E-state index contributed by atoms with van der Waals surface area (Å²) in [4.78, 5) is 43.7. The minimum Gasteiger partial charge on any atom is -0.458 e. The second-order valence-corrected chi connectivity index (χ2v) is 10.3. The number of esters is 1. The molecule has 9 nitrogen and oxygen atoms in total. The van der Waals surface area contributed by atoms with Gasteiger partial charge in [0.15, 0.2) is 5.60 Å². The number of benzene rings is 1. The van der Waals surface area contributed by atoms with Crippen molar-refractivity contribution in [2.24, 2.45) is 0 Å². The van der Waals surface area contributed by atoms with Crippen LogP contribution in [0.3, 0.4) is 0 Å². The number of fused-ring (bicyclic) bond motifs is 5. The molecule has 3 aromatic rings. The van der Waals surface area contributed by atoms with Crippen molar-refractivity contribution in [3.05, 3.63) is 61.7 Å². The average molecular weight is 521 g/mol. The normalized spacial score (nSPS) is 21.1. The lowest BCUT2D eigenvalue weighted by atomic mass is 9.81. The highest BCUT2D eigenvalue weighted by Gasteiger charge is 2.46. The van der Waals surface area contributed by atoms with E-state index in [9.17, 15) is 23.9 Å². The highest BCUT2D eigenvalue weighted by Crippen LogP contribution is 2.45. The lowest BCUT2D eigenvalue weighted by Gasteiger charge is -2.31. The molecule has 38 heavy (non-hydrogen) atoms. The van der Waals surface area contributed by atoms with Crippen molar-refractivity contribution in [3.8, 4) is 11.4 Å². The van der Waals surface area contributed by atoms with E-state index in [1.807, 2.05) is 0 Å². The molecule has 1 aromatic carbocycles. The van der Waals surface area contributed by atoms with Gasteiger partial charge in [0, 0.05) is 35.5 Å². The molecule has 0 bridgehead atoms. The summed E-state index contributed by atoms with van der Waals surface area (Å²) in [5, 5.41) is 18.1. The van der Waals surface area contributed by atoms with Gasteiger partial charge in [-0.15, -0.1) is 0 Å². The Balaban J connectivity index is 1.60. The van der Waals surface area contributed by atoms with Crippen molar-refractivity contribution in [2.75, 3.05) is 13.6 Å². The number of nitrogens with zero attached hydrogens (tertiary/aromatic N) is 2. The number of ether oxygens (including phenoxy) is 1. The van der Waals surface area contributed by atoms with Crippen LogP contribution in [0.5, 0.6) is 0 Å². The quantitative estimate of drug-likeness (QED) is 0.345. The number of hydrogen-bond acceptors (Lipinski definition) is 7. The summed E-state index contributed by atoms with van der Waals surface area (Å²) in [6.07, 6.45) is 1.54. The van der Waals surface area contributed by atoms with E-state index < -0.39 is 11.6 Å². The van der Waals surface area contributed by atoms with Gasteiger partial charge in [-0.05, 0) is 56.0 Å². The molecule has 0 saturated heterocycles. The van der Waals surface area contributed by atoms with Gasteiger partial charge in [0.2, 0.25) is 5.91 Å². The largest absolute Gasteiger partial charge is 0.458 e. The zero-order chi connectivity index (χ0) is 26.9. The molecule has 2 atom stereocenters. The van der Waals surface area contributed by atoms with Crippen LogP contribution in [-0.2, 0) is 39.5 Å². The summed E-state index contributed by atoms with van der Waals surface area (Å²) >= 11 is 0. The van der Waals surface area contributed by atoms with Crippen LogP contribution in [0.4, 0.5) is 4.39 Å². The van der Waals surface area contributed by atoms with Crippen LogP contribution in [0.2, 0.25) is 0 Å². The fourth-order valence-electron chi connectivity index (χ4n) is 6.20. The summed E-state index contributed by atoms with van der Waals surface area (Å²) in [6.45, 7) is 3.94. The van der Waals surface area contributed by atoms with Crippen LogP contribution < -0.4 is 16.2 Å². The molecule has 10 heteroatoms. The summed E-state index contributed by atoms with van der Waals surface area (Å²) < 4.78 is 21.7. The molecule has 3 aliphatic rings. The molecule has 0 saturated carbocycles. The predicted octanol–water partition coefficient (Wildman–Crippen LogP) is 2.24. The van der Waals surface area contributed by atoms with Crippen LogP contribution in [0.15, 0.2) is 16.9 Å². The van der Waals surface area contributed by atoms with Gasteiger partial charge in [0.1, 0.15) is 12.4 Å². The minimum atomic E-state index is -1.93. The molecule has 6 rings (SSSR count). The number of aliphatic hydroxyl groups is 1. The number of cyclic esters (lactones) is 1. The van der Waals surface area contributed by atoms with Gasteiger partial charge < -0.3 is 25.0 Å². The highest BCUT2D eigenvalue weighted by molar-refractivity contribution is 5.94. The van der Waals surface area contributed by atoms with Crippen molar-refractivity contribution in [1.82, 2.24) is 20.2 Å². The summed E-state index contributed by atoms with van der Waals surface area (Å²) in [7, 11) is 1.79. The standard InChI is InChI=1S/C28H29FN4O5/c1-4-28(37)17-9-21-25-15(11-33(21)26(35)16(17)12-38-27(28)36)24-19(31-22(34)7-8-30-3)6-5-14-13(2)18(29)10-20(32-25)23(14)24/h9-10,19,30,37H,4-8,11-12H2,1-3H3,(H,31,34)/t19-,28-/m0/s1. The number of rotatable bonds is 5. The Bertz CT molecular complexity index is 1610. The monoisotopic (exact) mass is 520 g/mol. The molecule has 3 N–H and O–H groups in total. The van der Waals surface area contributed by atoms with E-state index in [0.29, 0.717) is 48.3 Å². The molecule has 4 heterocycles. The van der Waals surface area contributed by atoms with Gasteiger partial charge in [-0.3, -0.25) is 9.59 Å². The van der Waals surface area contributed by atoms with Crippen molar-refractivity contribution in [3.63, 3.8) is 0 Å². The maximum atomic E-state index is 15.0. The van der Waals surface area contributed by atoms with Gasteiger partial charge in [0.05, 0.1) is 35.1 Å². The van der Waals surface area contributed by atoms with Gasteiger partial charge in [-0.1, -0.05) is 6.92 Å². The third kappa shape index (κ3) is 3.36. The first-order chi connectivity index (χ1) is 18.2. The molecule has 2 aliphatic heterocycles. The number of pyridine rings is 2. The summed E-state index contributed by atoms with van der Waals surface area (Å²) in [6, 6.07) is 2.72. The molecule has 0 fully saturated rings. The molecule has 0 radical (unpaired) electrons. The van der Waals surface area contributed by atoms with E-state index in [-0.39, 0.29) is 54.0 Å². The SMILES string of the molecule is CC[C@@]1(O)C(=O)OCc2c1cc1n(c2=O)Cc2c-1nc1cc(F)c(C)c3c1c2[C@@H](NC(=O)CCNC)CC3. The van der Waals surface area contributed by atoms with Crippen molar-refractivity contribution in [2.45, 2.75) is 64.3 Å². The maximum Gasteiger partial charge on any atom is 0.343 e. The fourth-order valence-corrected chi connectivity index (χ4v) is 6.20. The third-order valence-electron chi connectivity index (χ3n) is 8.32. The Hall–Kier alpha value is -3.63. The number of carbonyl (C=O) groups excluding carboxylic acids is 2. The molecule has 0 spiro atoms. The first-order valence-corrected chi connectivity index (χ1v) is 12.9. The van der Waals surface area contributed by atoms with Crippen LogP contribution in [0.25, 0.3) is 22.3 Å². The number of nitrogens with one attached hydrogen (secondary N) is 2. The molecule has 1 aliphatic carbocycles. The average Bonchev–Trinajstić information content (AvgIpc) is 3.27. The van der Waals surface area contributed by atoms with E-state index in [1.165, 1.54) is 6.07 Å². The second-order valence-electron chi connectivity index (χ2n) is 10.3. The molecule has 0 unspecified atom stereocenters. The molecule has 1 amide bonds. The topological polar surface area (TPSA) is 123 Å². The van der Waals surface area contributed by atoms with Crippen LogP contribution in [0.1, 0.15) is 65.6 Å². The number of halogens is 1. The fraction of sp³-hybridized carbons (Fsp3) is 0.429. The first kappa shape index (κ1) is 24.7. The summed E-state index contributed by atoms with van der Waals surface area (Å²) in [5.41, 5.74) is 2.64. The lowest BCUT2D eigenvalue weighted by molar-refractivity contribution is -0.172. The van der Waals surface area contributed by atoms with E-state index in [0.717, 1.165) is 22.1 Å². The highest BCUT2D eigenvalue weighted by atomic mass is 19.1. The maximum absolute atomic E-state index is 15.0. The van der Waals surface area contributed by atoms with Gasteiger partial charge in [-0.2, -0.15) is 0 Å². The Morgan fingerprint density at radius 2 is 2.08 bits per heavy atom. The Labute approximate surface area is 218 Å². The Morgan fingerprint density at radius 1 is 1.29 bits per heavy atom. The van der Waals surface area contributed by atoms with Crippen molar-refractivity contribution >= 4 is 22.8 Å². The van der Waals surface area contributed by atoms with E-state index in [2.05, 4.69) is 10.6 Å². The van der Waals surface area contributed by atoms with Crippen LogP contribution in [0, 0.1) is 12.7 Å². The van der Waals surface area contributed by atoms with E-state index >= 15 is 0 Å². The zero-order valence-electron chi connectivity index (χ0n) is 21.5. The smallest absolute Gasteiger partial charge is 0.343 e. The zero-order valence-corrected chi connectivity index (χ0v) is 21.5. The number of carbonyl (C=O) groups is 2. The van der Waals surface area contributed by atoms with Gasteiger partial charge >= 0.3 is 5.97 Å². The van der Waals surface area contributed by atoms with E-state index in [4.69, 9.17) is 9.72 Å². The lowest BCUT2D eigenvalue weighted by Crippen LogP contribution is -2.44. The van der Waals surface area contributed by atoms with E-state index in [1.54, 1.807) is 31.5 Å². The van der Waals surface area contributed by atoms with Crippen molar-refractivity contribution < 1.29 is 23.8 Å². The number of aromatic nitrogens is 2. The number of hydrogen-bond donors (Lipinski definition) is 3. The van der Waals surface area contributed by atoms with Crippen LogP contribution in [-0.4, -0.2) is 40.1 Å². The third-order valence-corrected chi connectivity index (χ3v) is 8.32. The van der Waals surface area contributed by atoms with Gasteiger partial charge in [0.25, 0.3) is 5.56 Å². The minimum absolute atomic E-state index is 0.0412. The predicted molar refractivity (Wildman–Crippen MR) is 137 cm³/mol. The molecule has 198 valence electrons. The molecular formula is C28H29FN4O5. The second kappa shape index (κ2) is 8.71. The number of aryl methyl sites for hydroxylation is 1. The summed E-state index contributed by atoms with van der Waals surface area (Å²) in [5.74, 6) is -1.24. The Morgan fingerprint density at radius 3 is 2.82 bits per heavy atom. The van der Waals surface area contributed by atoms with Gasteiger partial charge in [-0.25, -0.2) is 14.2 Å². The first-order valence-electron chi connectivity index (χ1n) is 12.9. The number of amides is 1. The van der Waals surface area contributed by atoms with Crippen LogP contribution >= 0.6 is 0 Å².